The summed E-state index contributed by atoms with van der Waals surface area (Å²) in [5, 5.41) is 0.575. The summed E-state index contributed by atoms with van der Waals surface area (Å²) in [6.45, 7) is 8.68. The van der Waals surface area contributed by atoms with E-state index in [0.717, 1.165) is 33.8 Å². The fourth-order valence-electron chi connectivity index (χ4n) is 4.77. The van der Waals surface area contributed by atoms with Crippen molar-refractivity contribution < 1.29 is 14.3 Å². The maximum Gasteiger partial charge on any atom is 0.232 e. The molecule has 4 rings (SSSR count). The number of carbonyl (C=O) groups excluding carboxylic acids is 2. The van der Waals surface area contributed by atoms with Gasteiger partial charge in [0.25, 0.3) is 0 Å². The highest BCUT2D eigenvalue weighted by atomic mass is 35.5. The van der Waals surface area contributed by atoms with E-state index in [-0.39, 0.29) is 29.4 Å². The lowest BCUT2D eigenvalue weighted by atomic mass is 9.69. The van der Waals surface area contributed by atoms with Gasteiger partial charge in [-0.15, -0.1) is 0 Å². The minimum absolute atomic E-state index is 0.00602. The third-order valence-electron chi connectivity index (χ3n) is 6.15. The summed E-state index contributed by atoms with van der Waals surface area (Å²) < 4.78 is 5.56. The van der Waals surface area contributed by atoms with Crippen LogP contribution in [0, 0.1) is 12.3 Å². The summed E-state index contributed by atoms with van der Waals surface area (Å²) in [7, 11) is 0. The topological polar surface area (TPSA) is 46.6 Å². The third kappa shape index (κ3) is 4.14. The van der Waals surface area contributed by atoms with Gasteiger partial charge >= 0.3 is 0 Å². The van der Waals surface area contributed by atoms with Crippen LogP contribution in [0.2, 0.25) is 5.02 Å². The molecule has 1 amide bonds. The Balaban J connectivity index is 1.86. The van der Waals surface area contributed by atoms with Crippen LogP contribution < -0.4 is 9.64 Å². The van der Waals surface area contributed by atoms with Gasteiger partial charge in [-0.3, -0.25) is 14.5 Å². The lowest BCUT2D eigenvalue weighted by molar-refractivity contribution is -0.121. The minimum Gasteiger partial charge on any atom is -0.494 e. The minimum atomic E-state index is -0.238. The Kier molecular flexibility index (Phi) is 5.69. The number of hydrogen-bond donors (Lipinski definition) is 0. The van der Waals surface area contributed by atoms with Crippen molar-refractivity contribution in [2.24, 2.45) is 5.41 Å². The van der Waals surface area contributed by atoms with E-state index >= 15 is 0 Å². The van der Waals surface area contributed by atoms with E-state index in [2.05, 4.69) is 13.8 Å². The zero-order valence-corrected chi connectivity index (χ0v) is 19.3. The Bertz CT molecular complexity index is 1070. The van der Waals surface area contributed by atoms with Gasteiger partial charge in [-0.05, 0) is 61.1 Å². The van der Waals surface area contributed by atoms with Crippen LogP contribution >= 0.6 is 11.6 Å². The smallest absolute Gasteiger partial charge is 0.232 e. The number of aryl methyl sites for hydroxylation is 1. The van der Waals surface area contributed by atoms with Crippen LogP contribution in [0.15, 0.2) is 53.7 Å². The van der Waals surface area contributed by atoms with E-state index in [9.17, 15) is 9.59 Å². The monoisotopic (exact) mass is 437 g/mol. The summed E-state index contributed by atoms with van der Waals surface area (Å²) in [6, 6.07) is 13.3. The van der Waals surface area contributed by atoms with Gasteiger partial charge in [0.1, 0.15) is 5.75 Å². The summed E-state index contributed by atoms with van der Waals surface area (Å²) in [4.78, 5) is 28.6. The number of carbonyl (C=O) groups is 2. The molecule has 1 heterocycles. The summed E-state index contributed by atoms with van der Waals surface area (Å²) >= 11 is 6.28. The molecule has 0 N–H and O–H groups in total. The quantitative estimate of drug-likeness (QED) is 0.571. The van der Waals surface area contributed by atoms with E-state index in [1.54, 1.807) is 4.90 Å². The molecule has 5 heteroatoms. The first kappa shape index (κ1) is 21.6. The van der Waals surface area contributed by atoms with Crippen molar-refractivity contribution >= 4 is 29.0 Å². The van der Waals surface area contributed by atoms with Gasteiger partial charge in [0.15, 0.2) is 5.78 Å². The molecular weight excluding hydrogens is 410 g/mol. The van der Waals surface area contributed by atoms with Crippen LogP contribution in [0.5, 0.6) is 5.75 Å². The van der Waals surface area contributed by atoms with Crippen molar-refractivity contribution in [3.63, 3.8) is 0 Å². The number of nitrogens with zero attached hydrogens (tertiary/aromatic N) is 1. The molecule has 1 unspecified atom stereocenters. The molecule has 0 spiro atoms. The maximum atomic E-state index is 13.5. The number of allylic oxidation sites excluding steroid dienone is 2. The lowest BCUT2D eigenvalue weighted by Gasteiger charge is -2.43. The first-order valence-electron chi connectivity index (χ1n) is 10.8. The molecule has 1 atom stereocenters. The van der Waals surface area contributed by atoms with Gasteiger partial charge < -0.3 is 4.74 Å². The Labute approximate surface area is 188 Å². The molecule has 2 aromatic rings. The highest BCUT2D eigenvalue weighted by molar-refractivity contribution is 6.31. The molecule has 0 saturated carbocycles. The molecule has 1 aliphatic carbocycles. The molecular formula is C26H28ClNO3. The van der Waals surface area contributed by atoms with Crippen LogP contribution in [0.25, 0.3) is 0 Å². The Morgan fingerprint density at radius 2 is 1.81 bits per heavy atom. The van der Waals surface area contributed by atoms with Crippen LogP contribution in [0.1, 0.15) is 57.1 Å². The molecule has 4 nitrogen and oxygen atoms in total. The third-order valence-corrected chi connectivity index (χ3v) is 6.38. The fraction of sp³-hybridized carbons (Fsp3) is 0.385. The first-order chi connectivity index (χ1) is 14.7. The van der Waals surface area contributed by atoms with Crippen LogP contribution in [0.3, 0.4) is 0 Å². The normalized spacial score (nSPS) is 20.7. The molecule has 0 radical (unpaired) electrons. The van der Waals surface area contributed by atoms with Crippen molar-refractivity contribution in [2.75, 3.05) is 11.5 Å². The van der Waals surface area contributed by atoms with E-state index in [1.165, 1.54) is 0 Å². The second kappa shape index (κ2) is 8.16. The summed E-state index contributed by atoms with van der Waals surface area (Å²) in [5.74, 6) is 0.670. The van der Waals surface area contributed by atoms with Crippen molar-refractivity contribution in [1.82, 2.24) is 0 Å². The maximum absolute atomic E-state index is 13.5. The fourth-order valence-corrected chi connectivity index (χ4v) is 4.93. The molecule has 0 aromatic heterocycles. The Morgan fingerprint density at radius 1 is 1.10 bits per heavy atom. The predicted molar refractivity (Wildman–Crippen MR) is 124 cm³/mol. The van der Waals surface area contributed by atoms with Crippen LogP contribution in [0.4, 0.5) is 5.69 Å². The second-order valence-corrected chi connectivity index (χ2v) is 9.66. The van der Waals surface area contributed by atoms with Gasteiger partial charge in [-0.25, -0.2) is 0 Å². The standard InChI is InChI=1S/C26H28ClNO3/c1-5-31-19-10-7-17(8-11-19)20-13-24(30)28(21-12-18(27)9-6-16(21)2)22-14-26(3,4)15-23(29)25(20)22/h6-12,20H,5,13-15H2,1-4H3. The average molecular weight is 438 g/mol. The molecule has 0 bridgehead atoms. The zero-order chi connectivity index (χ0) is 22.3. The highest BCUT2D eigenvalue weighted by Crippen LogP contribution is 2.48. The first-order valence-corrected chi connectivity index (χ1v) is 11.2. The van der Waals surface area contributed by atoms with E-state index in [0.29, 0.717) is 24.5 Å². The molecule has 2 aromatic carbocycles. The number of Topliss-reactive ketones (excluding diaryl/α,β-unsaturated/α-hetero) is 1. The van der Waals surface area contributed by atoms with Gasteiger partial charge in [0.2, 0.25) is 5.91 Å². The number of rotatable bonds is 4. The van der Waals surface area contributed by atoms with Crippen molar-refractivity contribution in [2.45, 2.75) is 52.9 Å². The second-order valence-electron chi connectivity index (χ2n) is 9.22. The van der Waals surface area contributed by atoms with Gasteiger partial charge in [-0.1, -0.05) is 43.6 Å². The molecule has 31 heavy (non-hydrogen) atoms. The van der Waals surface area contributed by atoms with Crippen LogP contribution in [-0.2, 0) is 9.59 Å². The largest absolute Gasteiger partial charge is 0.494 e. The Morgan fingerprint density at radius 3 is 2.48 bits per heavy atom. The van der Waals surface area contributed by atoms with Gasteiger partial charge in [-0.2, -0.15) is 0 Å². The van der Waals surface area contributed by atoms with Gasteiger partial charge in [0, 0.05) is 35.1 Å². The van der Waals surface area contributed by atoms with E-state index in [1.807, 2.05) is 56.3 Å². The lowest BCUT2D eigenvalue weighted by Crippen LogP contribution is -2.44. The summed E-state index contributed by atoms with van der Waals surface area (Å²) in [6.07, 6.45) is 1.40. The van der Waals surface area contributed by atoms with Crippen molar-refractivity contribution in [1.29, 1.82) is 0 Å². The SMILES string of the molecule is CCOc1ccc(C2CC(=O)N(c3cc(Cl)ccc3C)C3=C2C(=O)CC(C)(C)C3)cc1. The Hall–Kier alpha value is -2.59. The molecule has 2 aliphatic rings. The van der Waals surface area contributed by atoms with Crippen LogP contribution in [-0.4, -0.2) is 18.3 Å². The molecule has 0 fully saturated rings. The number of hydrogen-bond acceptors (Lipinski definition) is 3. The average Bonchev–Trinajstić information content (AvgIpc) is 2.69. The number of halogens is 1. The van der Waals surface area contributed by atoms with Crippen molar-refractivity contribution in [3.8, 4) is 5.75 Å². The number of benzene rings is 2. The molecule has 0 saturated heterocycles. The number of ketones is 1. The molecule has 1 aliphatic heterocycles. The molecule has 162 valence electrons. The highest BCUT2D eigenvalue weighted by Gasteiger charge is 2.44. The summed E-state index contributed by atoms with van der Waals surface area (Å²) in [5.41, 5.74) is 4.08. The van der Waals surface area contributed by atoms with Crippen molar-refractivity contribution in [3.05, 3.63) is 69.9 Å². The number of ether oxygens (including phenoxy) is 1. The number of anilines is 1. The van der Waals surface area contributed by atoms with Gasteiger partial charge in [0.05, 0.1) is 12.3 Å². The zero-order valence-electron chi connectivity index (χ0n) is 18.5. The van der Waals surface area contributed by atoms with E-state index in [4.69, 9.17) is 16.3 Å². The number of amides is 1. The van der Waals surface area contributed by atoms with E-state index < -0.39 is 0 Å². The predicted octanol–water partition coefficient (Wildman–Crippen LogP) is 6.21.